The van der Waals surface area contributed by atoms with Gasteiger partial charge in [-0.15, -0.1) is 0 Å². The summed E-state index contributed by atoms with van der Waals surface area (Å²) in [7, 11) is 3.09. The standard InChI is InChI=1S/C22H21BrN2O4/c1-28-17-7-3-5-15(11-17)21(20(25)27)10-9-14(19(24)26)13-22(21,23)16-6-4-8-18(12-16)29-2/h3-13H,1-2H3,(H2,24,26)(H2,25,27). The van der Waals surface area contributed by atoms with Crippen LogP contribution in [-0.2, 0) is 19.3 Å². The normalized spacial score (nSPS) is 23.2. The first-order valence-corrected chi connectivity index (χ1v) is 9.57. The van der Waals surface area contributed by atoms with Crippen LogP contribution in [0.5, 0.6) is 11.5 Å². The van der Waals surface area contributed by atoms with Gasteiger partial charge in [0.05, 0.1) is 18.5 Å². The third-order valence-corrected chi connectivity index (χ3v) is 6.44. The monoisotopic (exact) mass is 456 g/mol. The van der Waals surface area contributed by atoms with Gasteiger partial charge >= 0.3 is 0 Å². The summed E-state index contributed by atoms with van der Waals surface area (Å²) in [4.78, 5) is 25.0. The van der Waals surface area contributed by atoms with Crippen molar-refractivity contribution in [2.24, 2.45) is 11.5 Å². The zero-order valence-corrected chi connectivity index (χ0v) is 17.6. The third-order valence-electron chi connectivity index (χ3n) is 5.13. The molecule has 0 saturated carbocycles. The molecule has 0 bridgehead atoms. The Morgan fingerprint density at radius 3 is 2.00 bits per heavy atom. The zero-order chi connectivity index (χ0) is 21.2. The first-order chi connectivity index (χ1) is 13.8. The Morgan fingerprint density at radius 2 is 1.48 bits per heavy atom. The van der Waals surface area contributed by atoms with E-state index >= 15 is 0 Å². The largest absolute Gasteiger partial charge is 0.497 e. The average Bonchev–Trinajstić information content (AvgIpc) is 2.73. The molecule has 1 aliphatic rings. The van der Waals surface area contributed by atoms with E-state index in [-0.39, 0.29) is 5.57 Å². The maximum Gasteiger partial charge on any atom is 0.248 e. The minimum absolute atomic E-state index is 0.254. The van der Waals surface area contributed by atoms with E-state index in [2.05, 4.69) is 15.9 Å². The van der Waals surface area contributed by atoms with Gasteiger partial charge < -0.3 is 20.9 Å². The number of alkyl halides is 1. The van der Waals surface area contributed by atoms with Crippen molar-refractivity contribution in [3.8, 4) is 11.5 Å². The molecule has 4 N–H and O–H groups in total. The Kier molecular flexibility index (Phi) is 5.53. The van der Waals surface area contributed by atoms with Crippen LogP contribution in [0.2, 0.25) is 0 Å². The van der Waals surface area contributed by atoms with E-state index in [1.54, 1.807) is 68.8 Å². The molecule has 2 aromatic rings. The Bertz CT molecular complexity index is 1030. The van der Waals surface area contributed by atoms with Crippen LogP contribution in [0.25, 0.3) is 0 Å². The molecule has 0 fully saturated rings. The van der Waals surface area contributed by atoms with Crippen molar-refractivity contribution < 1.29 is 19.1 Å². The molecule has 0 radical (unpaired) electrons. The molecule has 3 rings (SSSR count). The zero-order valence-electron chi connectivity index (χ0n) is 16.0. The van der Waals surface area contributed by atoms with Gasteiger partial charge in [-0.1, -0.05) is 52.3 Å². The predicted molar refractivity (Wildman–Crippen MR) is 114 cm³/mol. The molecule has 29 heavy (non-hydrogen) atoms. The van der Waals surface area contributed by atoms with E-state index in [0.717, 1.165) is 0 Å². The van der Waals surface area contributed by atoms with Crippen LogP contribution in [0.15, 0.2) is 72.3 Å². The molecule has 0 spiro atoms. The molecule has 0 heterocycles. The number of allylic oxidation sites excluding steroid dienone is 1. The van der Waals surface area contributed by atoms with Crippen LogP contribution in [-0.4, -0.2) is 26.0 Å². The molecule has 0 aromatic heterocycles. The van der Waals surface area contributed by atoms with Crippen molar-refractivity contribution in [2.75, 3.05) is 14.2 Å². The highest BCUT2D eigenvalue weighted by molar-refractivity contribution is 9.09. The molecule has 0 saturated heterocycles. The van der Waals surface area contributed by atoms with E-state index in [1.807, 2.05) is 6.07 Å². The van der Waals surface area contributed by atoms with Gasteiger partial charge in [0.25, 0.3) is 0 Å². The second-order valence-electron chi connectivity index (χ2n) is 6.65. The number of benzene rings is 2. The highest BCUT2D eigenvalue weighted by Gasteiger charge is 2.55. The topological polar surface area (TPSA) is 105 Å². The summed E-state index contributed by atoms with van der Waals surface area (Å²) < 4.78 is 9.49. The Labute approximate surface area is 177 Å². The van der Waals surface area contributed by atoms with E-state index in [4.69, 9.17) is 20.9 Å². The van der Waals surface area contributed by atoms with Crippen LogP contribution >= 0.6 is 15.9 Å². The SMILES string of the molecule is COc1cccc(C2(Br)C=C(C(N)=O)C=CC2(C(N)=O)c2cccc(OC)c2)c1. The Balaban J connectivity index is 2.37. The van der Waals surface area contributed by atoms with Gasteiger partial charge in [0.15, 0.2) is 0 Å². The maximum absolute atomic E-state index is 13.0. The lowest BCUT2D eigenvalue weighted by Gasteiger charge is -2.44. The summed E-state index contributed by atoms with van der Waals surface area (Å²) >= 11 is 3.75. The quantitative estimate of drug-likeness (QED) is 0.651. The molecule has 7 heteroatoms. The number of carbonyl (C=O) groups is 2. The smallest absolute Gasteiger partial charge is 0.248 e. The van der Waals surface area contributed by atoms with Crippen LogP contribution in [0.4, 0.5) is 0 Å². The summed E-state index contributed by atoms with van der Waals surface area (Å²) in [5, 5.41) is 0. The minimum Gasteiger partial charge on any atom is -0.497 e. The lowest BCUT2D eigenvalue weighted by Crippen LogP contribution is -2.53. The summed E-state index contributed by atoms with van der Waals surface area (Å²) in [6.45, 7) is 0. The van der Waals surface area contributed by atoms with E-state index in [9.17, 15) is 9.59 Å². The van der Waals surface area contributed by atoms with Crippen molar-refractivity contribution in [1.29, 1.82) is 0 Å². The number of ether oxygens (including phenoxy) is 2. The lowest BCUT2D eigenvalue weighted by atomic mass is 9.64. The van der Waals surface area contributed by atoms with Crippen molar-refractivity contribution in [3.63, 3.8) is 0 Å². The molecule has 2 unspecified atom stereocenters. The molecule has 0 aliphatic heterocycles. The number of nitrogens with two attached hydrogens (primary N) is 2. The Hall–Kier alpha value is -3.06. The molecule has 2 amide bonds. The summed E-state index contributed by atoms with van der Waals surface area (Å²) in [5.74, 6) is -0.0613. The van der Waals surface area contributed by atoms with E-state index in [0.29, 0.717) is 22.6 Å². The number of carbonyl (C=O) groups excluding carboxylic acids is 2. The van der Waals surface area contributed by atoms with Gasteiger partial charge in [-0.05, 0) is 41.5 Å². The number of methoxy groups -OCH3 is 2. The highest BCUT2D eigenvalue weighted by Crippen LogP contribution is 2.54. The van der Waals surface area contributed by atoms with Gasteiger partial charge in [-0.2, -0.15) is 0 Å². The van der Waals surface area contributed by atoms with Crippen LogP contribution in [0.3, 0.4) is 0 Å². The fourth-order valence-corrected chi connectivity index (χ4v) is 4.65. The second-order valence-corrected chi connectivity index (χ2v) is 7.90. The highest BCUT2D eigenvalue weighted by atomic mass is 79.9. The number of rotatable bonds is 6. The first-order valence-electron chi connectivity index (χ1n) is 8.78. The van der Waals surface area contributed by atoms with Crippen molar-refractivity contribution in [3.05, 3.63) is 83.5 Å². The molecular weight excluding hydrogens is 436 g/mol. The molecule has 2 aromatic carbocycles. The molecule has 6 nitrogen and oxygen atoms in total. The maximum atomic E-state index is 13.0. The third kappa shape index (κ3) is 3.31. The number of halogens is 1. The molecule has 1 aliphatic carbocycles. The number of primary amides is 2. The van der Waals surface area contributed by atoms with Gasteiger partial charge in [0.2, 0.25) is 11.8 Å². The summed E-state index contributed by atoms with van der Waals surface area (Å²) in [6, 6.07) is 14.3. The summed E-state index contributed by atoms with van der Waals surface area (Å²) in [6.07, 6.45) is 4.75. The van der Waals surface area contributed by atoms with Gasteiger partial charge in [-0.3, -0.25) is 9.59 Å². The van der Waals surface area contributed by atoms with Crippen molar-refractivity contribution in [2.45, 2.75) is 9.74 Å². The number of hydrogen-bond donors (Lipinski definition) is 2. The van der Waals surface area contributed by atoms with Gasteiger partial charge in [-0.25, -0.2) is 0 Å². The van der Waals surface area contributed by atoms with Crippen LogP contribution in [0.1, 0.15) is 11.1 Å². The van der Waals surface area contributed by atoms with Crippen LogP contribution in [0, 0.1) is 0 Å². The molecule has 150 valence electrons. The van der Waals surface area contributed by atoms with Crippen LogP contribution < -0.4 is 20.9 Å². The summed E-state index contributed by atoms with van der Waals surface area (Å²) in [5.41, 5.74) is 11.7. The first kappa shape index (κ1) is 20.7. The Morgan fingerprint density at radius 1 is 0.931 bits per heavy atom. The number of hydrogen-bond acceptors (Lipinski definition) is 4. The fourth-order valence-electron chi connectivity index (χ4n) is 3.60. The fraction of sp³-hybridized carbons (Fsp3) is 0.182. The van der Waals surface area contributed by atoms with E-state index in [1.165, 1.54) is 6.08 Å². The number of amides is 2. The minimum atomic E-state index is -1.37. The van der Waals surface area contributed by atoms with E-state index < -0.39 is 21.6 Å². The van der Waals surface area contributed by atoms with Crippen molar-refractivity contribution >= 4 is 27.7 Å². The average molecular weight is 457 g/mol. The van der Waals surface area contributed by atoms with Gasteiger partial charge in [0.1, 0.15) is 16.9 Å². The van der Waals surface area contributed by atoms with Crippen molar-refractivity contribution in [1.82, 2.24) is 0 Å². The molecule has 2 atom stereocenters. The second kappa shape index (κ2) is 7.75. The molecular formula is C22H21BrN2O4. The van der Waals surface area contributed by atoms with Gasteiger partial charge in [0, 0.05) is 5.57 Å². The predicted octanol–water partition coefficient (Wildman–Crippen LogP) is 2.70. The lowest BCUT2D eigenvalue weighted by molar-refractivity contribution is -0.123.